The van der Waals surface area contributed by atoms with Gasteiger partial charge in [-0.15, -0.1) is 0 Å². The predicted octanol–water partition coefficient (Wildman–Crippen LogP) is 15.3. The predicted molar refractivity (Wildman–Crippen MR) is 210 cm³/mol. The maximum atomic E-state index is 13.9. The summed E-state index contributed by atoms with van der Waals surface area (Å²) >= 11 is 0. The maximum absolute atomic E-state index is 13.9. The molecule has 1 amide bonds. The van der Waals surface area contributed by atoms with Crippen molar-refractivity contribution in [2.75, 3.05) is 6.54 Å². The molecule has 1 unspecified atom stereocenters. The van der Waals surface area contributed by atoms with E-state index in [2.05, 4.69) is 27.0 Å². The molecule has 3 heteroatoms. The van der Waals surface area contributed by atoms with Crippen LogP contribution in [0.4, 0.5) is 0 Å². The van der Waals surface area contributed by atoms with Crippen molar-refractivity contribution in [3.05, 3.63) is 12.4 Å². The third-order valence-electron chi connectivity index (χ3n) is 10.8. The molecule has 0 N–H and O–H groups in total. The molecule has 1 rings (SSSR count). The minimum Gasteiger partial charge on any atom is -0.230 e. The molecule has 276 valence electrons. The highest BCUT2D eigenvalue weighted by Gasteiger charge is 2.41. The molecule has 47 heavy (non-hydrogen) atoms. The fraction of sp³-hybridized carbons (Fsp3) is 0.909. The molecule has 0 radical (unpaired) electrons. The van der Waals surface area contributed by atoms with Gasteiger partial charge in [-0.2, -0.15) is 4.48 Å². The van der Waals surface area contributed by atoms with Crippen LogP contribution < -0.4 is 0 Å². The Bertz CT molecular complexity index is 743. The van der Waals surface area contributed by atoms with Crippen molar-refractivity contribution in [1.29, 1.82) is 0 Å². The molecular weight excluding hydrogens is 572 g/mol. The fourth-order valence-corrected chi connectivity index (χ4v) is 7.53. The Morgan fingerprint density at radius 1 is 0.447 bits per heavy atom. The minimum absolute atomic E-state index is 0.414. The monoisotopic (exact) mass is 658 g/mol. The number of hydrogen-bond acceptors (Lipinski definition) is 2. The highest BCUT2D eigenvalue weighted by Crippen LogP contribution is 2.26. The van der Waals surface area contributed by atoms with E-state index in [1.165, 1.54) is 205 Å². The molecule has 0 spiro atoms. The van der Waals surface area contributed by atoms with Crippen LogP contribution in [0.15, 0.2) is 17.4 Å². The first-order valence-corrected chi connectivity index (χ1v) is 21.9. The number of nitrogens with zero attached hydrogens (tertiary/aromatic N) is 2. The lowest BCUT2D eigenvalue weighted by molar-refractivity contribution is -0.708. The van der Waals surface area contributed by atoms with Crippen molar-refractivity contribution in [3.63, 3.8) is 0 Å². The van der Waals surface area contributed by atoms with Crippen molar-refractivity contribution >= 4 is 11.7 Å². The van der Waals surface area contributed by atoms with Crippen LogP contribution in [0.5, 0.6) is 0 Å². The minimum atomic E-state index is 0.414. The van der Waals surface area contributed by atoms with Gasteiger partial charge in [-0.1, -0.05) is 213 Å². The van der Waals surface area contributed by atoms with E-state index in [9.17, 15) is 4.79 Å². The first kappa shape index (κ1) is 44.1. The van der Waals surface area contributed by atoms with Crippen molar-refractivity contribution in [3.8, 4) is 0 Å². The van der Waals surface area contributed by atoms with Gasteiger partial charge in [-0.3, -0.25) is 0 Å². The Kier molecular flexibility index (Phi) is 31.4. The highest BCUT2D eigenvalue weighted by atomic mass is 16.2. The Balaban J connectivity index is 2.37. The van der Waals surface area contributed by atoms with Crippen LogP contribution in [-0.4, -0.2) is 22.8 Å². The maximum Gasteiger partial charge on any atom is 0.324 e. The Morgan fingerprint density at radius 3 is 1.15 bits per heavy atom. The normalized spacial score (nSPS) is 15.9. The molecule has 0 aromatic heterocycles. The number of unbranched alkanes of at least 4 members (excludes halogenated alkanes) is 31. The third-order valence-corrected chi connectivity index (χ3v) is 10.8. The van der Waals surface area contributed by atoms with Crippen molar-refractivity contribution in [1.82, 2.24) is 0 Å². The zero-order valence-corrected chi connectivity index (χ0v) is 32.6. The summed E-state index contributed by atoms with van der Waals surface area (Å²) in [7, 11) is 0. The van der Waals surface area contributed by atoms with Gasteiger partial charge in [0, 0.05) is 6.42 Å². The van der Waals surface area contributed by atoms with E-state index < -0.39 is 0 Å². The van der Waals surface area contributed by atoms with Crippen molar-refractivity contribution in [2.45, 2.75) is 252 Å². The molecule has 0 aliphatic carbocycles. The molecule has 0 saturated carbocycles. The number of amides is 1. The molecule has 1 heterocycles. The summed E-state index contributed by atoms with van der Waals surface area (Å²) in [6, 6.07) is 0. The fourth-order valence-electron chi connectivity index (χ4n) is 7.53. The zero-order chi connectivity index (χ0) is 33.9. The van der Waals surface area contributed by atoms with Gasteiger partial charge < -0.3 is 0 Å². The summed E-state index contributed by atoms with van der Waals surface area (Å²) < 4.78 is 0.451. The summed E-state index contributed by atoms with van der Waals surface area (Å²) in [4.78, 5) is 18.7. The molecular formula is C44H85N2O+. The van der Waals surface area contributed by atoms with Gasteiger partial charge in [0.05, 0.1) is 19.2 Å². The van der Waals surface area contributed by atoms with Crippen molar-refractivity contribution < 1.29 is 9.28 Å². The lowest BCUT2D eigenvalue weighted by Gasteiger charge is -2.30. The van der Waals surface area contributed by atoms with Gasteiger partial charge in [-0.25, -0.2) is 9.79 Å². The number of aliphatic imine (C=N–C) groups is 1. The average Bonchev–Trinajstić information content (AvgIpc) is 3.50. The van der Waals surface area contributed by atoms with E-state index in [1.807, 2.05) is 6.20 Å². The number of rotatable bonds is 37. The Morgan fingerprint density at radius 2 is 0.766 bits per heavy atom. The molecule has 0 bridgehead atoms. The van der Waals surface area contributed by atoms with Gasteiger partial charge in [0.25, 0.3) is 0 Å². The molecule has 0 fully saturated rings. The largest absolute Gasteiger partial charge is 0.324 e. The van der Waals surface area contributed by atoms with E-state index in [4.69, 9.17) is 4.99 Å². The molecule has 1 atom stereocenters. The average molecular weight is 658 g/mol. The van der Waals surface area contributed by atoms with Crippen LogP contribution in [0.1, 0.15) is 252 Å². The third kappa shape index (κ3) is 23.9. The summed E-state index contributed by atoms with van der Waals surface area (Å²) in [6.45, 7) is 7.81. The smallest absolute Gasteiger partial charge is 0.230 e. The van der Waals surface area contributed by atoms with Gasteiger partial charge in [-0.05, 0) is 25.7 Å². The first-order chi connectivity index (χ1) is 23.2. The second-order valence-corrected chi connectivity index (χ2v) is 15.3. The number of carbonyl (C=O) groups excluding carboxylic acids is 1. The van der Waals surface area contributed by atoms with Crippen molar-refractivity contribution in [2.24, 2.45) is 4.99 Å². The summed E-state index contributed by atoms with van der Waals surface area (Å²) in [5, 5.41) is 0. The Labute approximate surface area is 296 Å². The number of carbonyl (C=O) groups is 1. The van der Waals surface area contributed by atoms with Gasteiger partial charge in [0.2, 0.25) is 5.84 Å². The number of hydrogen-bond donors (Lipinski definition) is 0. The first-order valence-electron chi connectivity index (χ1n) is 21.9. The lowest BCUT2D eigenvalue weighted by Crippen LogP contribution is -2.52. The lowest BCUT2D eigenvalue weighted by atomic mass is 10.0. The summed E-state index contributed by atoms with van der Waals surface area (Å²) in [5.41, 5.74) is 0. The molecule has 1 aliphatic heterocycles. The van der Waals surface area contributed by atoms with Gasteiger partial charge in [0.1, 0.15) is 6.20 Å². The van der Waals surface area contributed by atoms with Crippen LogP contribution in [0, 0.1) is 0 Å². The molecule has 0 saturated heterocycles. The second kappa shape index (κ2) is 33.5. The summed E-state index contributed by atoms with van der Waals surface area (Å²) in [5.74, 6) is 1.56. The van der Waals surface area contributed by atoms with E-state index in [1.54, 1.807) is 0 Å². The quantitative estimate of drug-likeness (QED) is 0.0483. The molecule has 0 aromatic carbocycles. The summed E-state index contributed by atoms with van der Waals surface area (Å²) in [6.07, 6.45) is 51.8. The molecule has 3 nitrogen and oxygen atoms in total. The molecule has 1 aliphatic rings. The van der Waals surface area contributed by atoms with Crippen LogP contribution in [0.25, 0.3) is 0 Å². The SMILES string of the molecule is CCCCCCCCCCCCCCCC[N+]1(C(=O)CCCCCCCCCC)C=CN=C1CCCCCCCCCCCCCC. The topological polar surface area (TPSA) is 29.4 Å². The zero-order valence-electron chi connectivity index (χ0n) is 32.6. The van der Waals surface area contributed by atoms with E-state index in [0.29, 0.717) is 10.4 Å². The van der Waals surface area contributed by atoms with E-state index in [-0.39, 0.29) is 0 Å². The van der Waals surface area contributed by atoms with Gasteiger partial charge in [0.15, 0.2) is 0 Å². The number of amidine groups is 1. The number of quaternary nitrogens is 1. The standard InChI is InChI=1S/C44H85N2O/c1-4-7-10-13-16-19-21-23-24-26-28-31-34-37-41-46(44(47)39-36-33-30-18-15-12-9-6-3)42-40-45-43(46)38-35-32-29-27-25-22-20-17-14-11-8-5-2/h40,42H,4-39,41H2,1-3H3/q+1. The van der Waals surface area contributed by atoms with E-state index >= 15 is 0 Å². The van der Waals surface area contributed by atoms with Crippen LogP contribution >= 0.6 is 0 Å². The van der Waals surface area contributed by atoms with Crippen LogP contribution in [-0.2, 0) is 4.79 Å². The second-order valence-electron chi connectivity index (χ2n) is 15.3. The molecule has 0 aromatic rings. The van der Waals surface area contributed by atoms with Crippen LogP contribution in [0.2, 0.25) is 0 Å². The van der Waals surface area contributed by atoms with Gasteiger partial charge >= 0.3 is 5.91 Å². The highest BCUT2D eigenvalue weighted by molar-refractivity contribution is 5.90. The van der Waals surface area contributed by atoms with E-state index in [0.717, 1.165) is 38.1 Å². The van der Waals surface area contributed by atoms with Crippen LogP contribution in [0.3, 0.4) is 0 Å². The Hall–Kier alpha value is -0.960.